The molecule has 0 radical (unpaired) electrons. The van der Waals surface area contributed by atoms with Crippen LogP contribution in [-0.4, -0.2) is 29.7 Å². The minimum absolute atomic E-state index is 0.0471. The summed E-state index contributed by atoms with van der Waals surface area (Å²) in [4.78, 5) is 25.4. The molecule has 0 aliphatic carbocycles. The maximum Gasteiger partial charge on any atom is 0.223 e. The van der Waals surface area contributed by atoms with Crippen molar-refractivity contribution in [2.24, 2.45) is 0 Å². The van der Waals surface area contributed by atoms with E-state index in [0.717, 1.165) is 23.1 Å². The minimum atomic E-state index is 0.0471. The molecule has 3 heteroatoms. The van der Waals surface area contributed by atoms with E-state index < -0.39 is 0 Å². The first-order valence-electron chi connectivity index (χ1n) is 6.38. The second kappa shape index (κ2) is 4.92. The number of benzene rings is 1. The van der Waals surface area contributed by atoms with Crippen molar-refractivity contribution in [3.05, 3.63) is 34.4 Å². The van der Waals surface area contributed by atoms with E-state index in [1.54, 1.807) is 4.90 Å². The summed E-state index contributed by atoms with van der Waals surface area (Å²) in [5, 5.41) is 0. The molecule has 2 rings (SSSR count). The van der Waals surface area contributed by atoms with Gasteiger partial charge in [-0.25, -0.2) is 0 Å². The Morgan fingerprint density at radius 3 is 2.44 bits per heavy atom. The molecule has 0 saturated carbocycles. The zero-order valence-corrected chi connectivity index (χ0v) is 11.2. The van der Waals surface area contributed by atoms with Crippen LogP contribution < -0.4 is 0 Å². The zero-order chi connectivity index (χ0) is 13.3. The Kier molecular flexibility index (Phi) is 3.50. The molecule has 0 spiro atoms. The fourth-order valence-electron chi connectivity index (χ4n) is 2.39. The number of amides is 1. The van der Waals surface area contributed by atoms with Gasteiger partial charge in [-0.1, -0.05) is 6.07 Å². The Balaban J connectivity index is 2.18. The predicted octanol–water partition coefficient (Wildman–Crippen LogP) is 2.42. The molecule has 1 aromatic carbocycles. The van der Waals surface area contributed by atoms with Crippen molar-refractivity contribution in [3.63, 3.8) is 0 Å². The molecule has 18 heavy (non-hydrogen) atoms. The first-order chi connectivity index (χ1) is 8.49. The summed E-state index contributed by atoms with van der Waals surface area (Å²) < 4.78 is 0. The van der Waals surface area contributed by atoms with Crippen molar-refractivity contribution in [1.29, 1.82) is 0 Å². The average molecular weight is 245 g/mol. The maximum atomic E-state index is 12.2. The number of carbonyl (C=O) groups excluding carboxylic acids is 2. The number of likely N-dealkylation sites (tertiary alicyclic amines) is 1. The Morgan fingerprint density at radius 2 is 1.83 bits per heavy atom. The molecule has 1 amide bonds. The lowest BCUT2D eigenvalue weighted by Crippen LogP contribution is -2.31. The number of ketones is 1. The average Bonchev–Trinajstić information content (AvgIpc) is 2.69. The lowest BCUT2D eigenvalue weighted by atomic mass is 9.98. The number of carbonyl (C=O) groups is 2. The van der Waals surface area contributed by atoms with Gasteiger partial charge in [0.2, 0.25) is 5.91 Å². The van der Waals surface area contributed by atoms with Gasteiger partial charge in [-0.05, 0) is 49.9 Å². The Morgan fingerprint density at radius 1 is 1.17 bits per heavy atom. The highest BCUT2D eigenvalue weighted by atomic mass is 16.2. The van der Waals surface area contributed by atoms with Gasteiger partial charge in [0.05, 0.1) is 6.54 Å². The van der Waals surface area contributed by atoms with Crippen molar-refractivity contribution in [1.82, 2.24) is 4.90 Å². The lowest BCUT2D eigenvalue weighted by molar-refractivity contribution is -0.127. The van der Waals surface area contributed by atoms with E-state index in [2.05, 4.69) is 0 Å². The number of hydrogen-bond donors (Lipinski definition) is 0. The van der Waals surface area contributed by atoms with Crippen LogP contribution in [0.3, 0.4) is 0 Å². The van der Waals surface area contributed by atoms with E-state index in [-0.39, 0.29) is 18.2 Å². The van der Waals surface area contributed by atoms with E-state index in [4.69, 9.17) is 0 Å². The van der Waals surface area contributed by atoms with Crippen LogP contribution in [-0.2, 0) is 4.79 Å². The van der Waals surface area contributed by atoms with Crippen molar-refractivity contribution < 1.29 is 9.59 Å². The van der Waals surface area contributed by atoms with Gasteiger partial charge in [-0.15, -0.1) is 0 Å². The van der Waals surface area contributed by atoms with Gasteiger partial charge in [0.25, 0.3) is 0 Å². The third-order valence-electron chi connectivity index (χ3n) is 3.65. The van der Waals surface area contributed by atoms with E-state index in [9.17, 15) is 9.59 Å². The summed E-state index contributed by atoms with van der Waals surface area (Å²) in [7, 11) is 0. The fraction of sp³-hybridized carbons (Fsp3) is 0.467. The van der Waals surface area contributed by atoms with Gasteiger partial charge >= 0.3 is 0 Å². The van der Waals surface area contributed by atoms with Crippen LogP contribution in [0, 0.1) is 20.8 Å². The van der Waals surface area contributed by atoms with E-state index >= 15 is 0 Å². The van der Waals surface area contributed by atoms with Crippen molar-refractivity contribution >= 4 is 11.7 Å². The maximum absolute atomic E-state index is 12.2. The molecule has 0 bridgehead atoms. The number of nitrogens with zero attached hydrogens (tertiary/aromatic N) is 1. The highest BCUT2D eigenvalue weighted by Gasteiger charge is 2.23. The molecule has 1 saturated heterocycles. The monoisotopic (exact) mass is 245 g/mol. The molecule has 0 aromatic heterocycles. The molecule has 1 aliphatic rings. The van der Waals surface area contributed by atoms with Gasteiger partial charge in [0.15, 0.2) is 5.78 Å². The molecular weight excluding hydrogens is 226 g/mol. The van der Waals surface area contributed by atoms with Gasteiger partial charge < -0.3 is 4.90 Å². The highest BCUT2D eigenvalue weighted by molar-refractivity contribution is 6.00. The van der Waals surface area contributed by atoms with Crippen LogP contribution in [0.1, 0.15) is 39.9 Å². The SMILES string of the molecule is Cc1cc(C)c(C(=O)CN2CCCC2=O)cc1C. The van der Waals surface area contributed by atoms with Gasteiger partial charge in [0.1, 0.15) is 0 Å². The van der Waals surface area contributed by atoms with Gasteiger partial charge in [0, 0.05) is 18.5 Å². The molecule has 1 aliphatic heterocycles. The second-order valence-electron chi connectivity index (χ2n) is 5.09. The molecule has 0 N–H and O–H groups in total. The summed E-state index contributed by atoms with van der Waals surface area (Å²) in [6, 6.07) is 3.97. The summed E-state index contributed by atoms with van der Waals surface area (Å²) in [5.74, 6) is 0.149. The van der Waals surface area contributed by atoms with Crippen molar-refractivity contribution in [3.8, 4) is 0 Å². The largest absolute Gasteiger partial charge is 0.335 e. The third-order valence-corrected chi connectivity index (χ3v) is 3.65. The van der Waals surface area contributed by atoms with Crippen LogP contribution in [0.5, 0.6) is 0 Å². The fourth-order valence-corrected chi connectivity index (χ4v) is 2.39. The van der Waals surface area contributed by atoms with Crippen LogP contribution in [0.15, 0.2) is 12.1 Å². The van der Waals surface area contributed by atoms with Gasteiger partial charge in [-0.2, -0.15) is 0 Å². The number of Topliss-reactive ketones (excluding diaryl/α,β-unsaturated/α-hetero) is 1. The van der Waals surface area contributed by atoms with Crippen LogP contribution in [0.2, 0.25) is 0 Å². The van der Waals surface area contributed by atoms with Crippen molar-refractivity contribution in [2.45, 2.75) is 33.6 Å². The Bertz CT molecular complexity index is 505. The molecule has 0 atom stereocenters. The lowest BCUT2D eigenvalue weighted by Gasteiger charge is -2.16. The van der Waals surface area contributed by atoms with Crippen LogP contribution >= 0.6 is 0 Å². The first-order valence-corrected chi connectivity index (χ1v) is 6.38. The predicted molar refractivity (Wildman–Crippen MR) is 70.8 cm³/mol. The molecule has 3 nitrogen and oxygen atoms in total. The number of rotatable bonds is 3. The molecule has 1 fully saturated rings. The third kappa shape index (κ3) is 2.45. The smallest absolute Gasteiger partial charge is 0.223 e. The molecule has 1 heterocycles. The topological polar surface area (TPSA) is 37.4 Å². The quantitative estimate of drug-likeness (QED) is 0.767. The van der Waals surface area contributed by atoms with Crippen LogP contribution in [0.25, 0.3) is 0 Å². The minimum Gasteiger partial charge on any atom is -0.335 e. The van der Waals surface area contributed by atoms with Crippen molar-refractivity contribution in [2.75, 3.05) is 13.1 Å². The highest BCUT2D eigenvalue weighted by Crippen LogP contribution is 2.17. The molecule has 1 aromatic rings. The molecule has 96 valence electrons. The van der Waals surface area contributed by atoms with E-state index in [1.807, 2.05) is 32.9 Å². The van der Waals surface area contributed by atoms with Crippen LogP contribution in [0.4, 0.5) is 0 Å². The Hall–Kier alpha value is -1.64. The Labute approximate surface area is 108 Å². The summed E-state index contributed by atoms with van der Waals surface area (Å²) in [6.45, 7) is 6.94. The summed E-state index contributed by atoms with van der Waals surface area (Å²) >= 11 is 0. The summed E-state index contributed by atoms with van der Waals surface area (Å²) in [5.41, 5.74) is 4.06. The summed E-state index contributed by atoms with van der Waals surface area (Å²) in [6.07, 6.45) is 1.46. The standard InChI is InChI=1S/C15H19NO2/c1-10-7-12(3)13(8-11(10)2)14(17)9-16-6-4-5-15(16)18/h7-8H,4-6,9H2,1-3H3. The first kappa shape index (κ1) is 12.8. The number of hydrogen-bond acceptors (Lipinski definition) is 2. The molecular formula is C15H19NO2. The second-order valence-corrected chi connectivity index (χ2v) is 5.09. The number of aryl methyl sites for hydroxylation is 3. The normalized spacial score (nSPS) is 15.3. The van der Waals surface area contributed by atoms with E-state index in [0.29, 0.717) is 13.0 Å². The van der Waals surface area contributed by atoms with Gasteiger partial charge in [-0.3, -0.25) is 9.59 Å². The van der Waals surface area contributed by atoms with E-state index in [1.165, 1.54) is 5.56 Å². The zero-order valence-electron chi connectivity index (χ0n) is 11.2. The molecule has 0 unspecified atom stereocenters.